The van der Waals surface area contributed by atoms with Gasteiger partial charge in [-0.15, -0.1) is 11.3 Å². The molecule has 0 saturated carbocycles. The van der Waals surface area contributed by atoms with Crippen molar-refractivity contribution < 1.29 is 5.11 Å². The first-order chi connectivity index (χ1) is 7.65. The van der Waals surface area contributed by atoms with Gasteiger partial charge in [0.25, 0.3) is 0 Å². The van der Waals surface area contributed by atoms with E-state index in [2.05, 4.69) is 23.7 Å². The smallest absolute Gasteiger partial charge is 0.0953 e. The summed E-state index contributed by atoms with van der Waals surface area (Å²) in [5.74, 6) is 0.530. The molecule has 0 aliphatic carbocycles. The Bertz CT molecular complexity index is 330. The summed E-state index contributed by atoms with van der Waals surface area (Å²) in [6.07, 6.45) is 3.75. The number of aliphatic hydroxyl groups excluding tert-OH is 1. The lowest BCUT2D eigenvalue weighted by atomic mass is 10.1. The van der Waals surface area contributed by atoms with Crippen molar-refractivity contribution in [2.75, 3.05) is 13.1 Å². The SMILES string of the molecule is CC(C)c1ncc(CN2CCC(O)CC2)s1. The molecule has 1 aromatic heterocycles. The highest BCUT2D eigenvalue weighted by molar-refractivity contribution is 7.11. The molecular weight excluding hydrogens is 220 g/mol. The molecule has 0 radical (unpaired) electrons. The second-order valence-electron chi connectivity index (χ2n) is 4.83. The fourth-order valence-electron chi connectivity index (χ4n) is 1.96. The third-order valence-corrected chi connectivity index (χ3v) is 4.28. The number of aromatic nitrogens is 1. The van der Waals surface area contributed by atoms with Crippen LogP contribution in [0.25, 0.3) is 0 Å². The van der Waals surface area contributed by atoms with Crippen LogP contribution in [0.4, 0.5) is 0 Å². The Morgan fingerprint density at radius 1 is 1.50 bits per heavy atom. The summed E-state index contributed by atoms with van der Waals surface area (Å²) >= 11 is 1.82. The fourth-order valence-corrected chi connectivity index (χ4v) is 2.92. The number of aliphatic hydroxyl groups is 1. The maximum absolute atomic E-state index is 9.43. The lowest BCUT2D eigenvalue weighted by Gasteiger charge is -2.28. The second-order valence-corrected chi connectivity index (χ2v) is 5.97. The number of thiazole rings is 1. The van der Waals surface area contributed by atoms with Gasteiger partial charge in [0, 0.05) is 36.6 Å². The van der Waals surface area contributed by atoms with E-state index in [-0.39, 0.29) is 6.10 Å². The number of piperidine rings is 1. The molecule has 90 valence electrons. The standard InChI is InChI=1S/C12H20N2OS/c1-9(2)12-13-7-11(16-12)8-14-5-3-10(15)4-6-14/h7,9-10,15H,3-6,8H2,1-2H3. The molecule has 0 amide bonds. The highest BCUT2D eigenvalue weighted by Crippen LogP contribution is 2.23. The number of likely N-dealkylation sites (tertiary alicyclic amines) is 1. The van der Waals surface area contributed by atoms with Crippen LogP contribution in [0.5, 0.6) is 0 Å². The monoisotopic (exact) mass is 240 g/mol. The largest absolute Gasteiger partial charge is 0.393 e. The van der Waals surface area contributed by atoms with Gasteiger partial charge >= 0.3 is 0 Å². The molecule has 1 aliphatic heterocycles. The number of hydrogen-bond acceptors (Lipinski definition) is 4. The zero-order chi connectivity index (χ0) is 11.5. The van der Waals surface area contributed by atoms with Crippen molar-refractivity contribution in [2.24, 2.45) is 0 Å². The molecule has 0 bridgehead atoms. The molecule has 0 atom stereocenters. The number of hydrogen-bond donors (Lipinski definition) is 1. The molecule has 1 aromatic rings. The van der Waals surface area contributed by atoms with Gasteiger partial charge in [0.05, 0.1) is 11.1 Å². The van der Waals surface area contributed by atoms with Crippen molar-refractivity contribution in [1.29, 1.82) is 0 Å². The zero-order valence-corrected chi connectivity index (χ0v) is 10.8. The molecule has 0 unspecified atom stereocenters. The molecule has 4 heteroatoms. The van der Waals surface area contributed by atoms with Crippen molar-refractivity contribution >= 4 is 11.3 Å². The summed E-state index contributed by atoms with van der Waals surface area (Å²) in [4.78, 5) is 8.19. The van der Waals surface area contributed by atoms with Gasteiger partial charge in [0.2, 0.25) is 0 Å². The normalized spacial score (nSPS) is 19.5. The quantitative estimate of drug-likeness (QED) is 0.880. The maximum atomic E-state index is 9.43. The average Bonchev–Trinajstić information content (AvgIpc) is 2.70. The minimum absolute atomic E-state index is 0.0797. The minimum atomic E-state index is -0.0797. The third kappa shape index (κ3) is 3.03. The summed E-state index contributed by atoms with van der Waals surface area (Å²) in [6.45, 7) is 7.38. The van der Waals surface area contributed by atoms with Gasteiger partial charge in [0.1, 0.15) is 0 Å². The fraction of sp³-hybridized carbons (Fsp3) is 0.750. The van der Waals surface area contributed by atoms with Crippen LogP contribution in [-0.2, 0) is 6.54 Å². The zero-order valence-electron chi connectivity index (χ0n) is 10.0. The van der Waals surface area contributed by atoms with E-state index >= 15 is 0 Å². The molecule has 2 rings (SSSR count). The number of rotatable bonds is 3. The minimum Gasteiger partial charge on any atom is -0.393 e. The van der Waals surface area contributed by atoms with Crippen LogP contribution in [0.2, 0.25) is 0 Å². The van der Waals surface area contributed by atoms with Crippen molar-refractivity contribution in [3.05, 3.63) is 16.1 Å². The Hall–Kier alpha value is -0.450. The van der Waals surface area contributed by atoms with Crippen LogP contribution >= 0.6 is 11.3 Å². The molecule has 3 nitrogen and oxygen atoms in total. The lowest BCUT2D eigenvalue weighted by Crippen LogP contribution is -2.35. The van der Waals surface area contributed by atoms with Crippen LogP contribution in [0.15, 0.2) is 6.20 Å². The first-order valence-corrected chi connectivity index (χ1v) is 6.82. The molecule has 1 N–H and O–H groups in total. The van der Waals surface area contributed by atoms with E-state index in [1.165, 1.54) is 9.88 Å². The Morgan fingerprint density at radius 3 is 2.75 bits per heavy atom. The molecule has 1 aliphatic rings. The van der Waals surface area contributed by atoms with E-state index in [9.17, 15) is 5.11 Å². The van der Waals surface area contributed by atoms with E-state index in [4.69, 9.17) is 0 Å². The topological polar surface area (TPSA) is 36.4 Å². The van der Waals surface area contributed by atoms with Crippen LogP contribution in [-0.4, -0.2) is 34.2 Å². The summed E-state index contributed by atoms with van der Waals surface area (Å²) in [6, 6.07) is 0. The van der Waals surface area contributed by atoms with E-state index in [0.29, 0.717) is 5.92 Å². The highest BCUT2D eigenvalue weighted by atomic mass is 32.1. The molecule has 2 heterocycles. The van der Waals surface area contributed by atoms with E-state index in [1.807, 2.05) is 17.5 Å². The summed E-state index contributed by atoms with van der Waals surface area (Å²) in [5.41, 5.74) is 0. The average molecular weight is 240 g/mol. The second kappa shape index (κ2) is 5.25. The Labute approximate surface area is 101 Å². The van der Waals surface area contributed by atoms with Gasteiger partial charge in [-0.1, -0.05) is 13.8 Å². The molecular formula is C12H20N2OS. The Balaban J connectivity index is 1.88. The van der Waals surface area contributed by atoms with Gasteiger partial charge in [-0.25, -0.2) is 4.98 Å². The van der Waals surface area contributed by atoms with Crippen LogP contribution in [0.3, 0.4) is 0 Å². The Kier molecular flexibility index (Phi) is 3.95. The first kappa shape index (κ1) is 12.0. The van der Waals surface area contributed by atoms with Crippen molar-refractivity contribution in [3.8, 4) is 0 Å². The predicted octanol–water partition coefficient (Wildman–Crippen LogP) is 2.22. The molecule has 1 saturated heterocycles. The number of nitrogens with zero attached hydrogens (tertiary/aromatic N) is 2. The van der Waals surface area contributed by atoms with Gasteiger partial charge in [0.15, 0.2) is 0 Å². The summed E-state index contributed by atoms with van der Waals surface area (Å²) < 4.78 is 0. The molecule has 0 spiro atoms. The molecule has 16 heavy (non-hydrogen) atoms. The van der Waals surface area contributed by atoms with Gasteiger partial charge in [-0.05, 0) is 12.8 Å². The van der Waals surface area contributed by atoms with Gasteiger partial charge in [-0.3, -0.25) is 4.90 Å². The predicted molar refractivity (Wildman–Crippen MR) is 66.7 cm³/mol. The van der Waals surface area contributed by atoms with E-state index < -0.39 is 0 Å². The van der Waals surface area contributed by atoms with Crippen molar-refractivity contribution in [1.82, 2.24) is 9.88 Å². The van der Waals surface area contributed by atoms with E-state index in [0.717, 1.165) is 32.5 Å². The first-order valence-electron chi connectivity index (χ1n) is 6.00. The van der Waals surface area contributed by atoms with Gasteiger partial charge in [-0.2, -0.15) is 0 Å². The maximum Gasteiger partial charge on any atom is 0.0953 e. The highest BCUT2D eigenvalue weighted by Gasteiger charge is 2.17. The summed E-state index contributed by atoms with van der Waals surface area (Å²) in [7, 11) is 0. The Morgan fingerprint density at radius 2 is 2.19 bits per heavy atom. The third-order valence-electron chi connectivity index (χ3n) is 3.00. The van der Waals surface area contributed by atoms with Gasteiger partial charge < -0.3 is 5.11 Å². The van der Waals surface area contributed by atoms with E-state index in [1.54, 1.807) is 0 Å². The van der Waals surface area contributed by atoms with Crippen molar-refractivity contribution in [2.45, 2.75) is 45.3 Å². The molecule has 0 aromatic carbocycles. The van der Waals surface area contributed by atoms with Crippen LogP contribution < -0.4 is 0 Å². The molecule has 1 fully saturated rings. The van der Waals surface area contributed by atoms with Crippen LogP contribution in [0.1, 0.15) is 42.5 Å². The van der Waals surface area contributed by atoms with Crippen LogP contribution in [0, 0.1) is 0 Å². The lowest BCUT2D eigenvalue weighted by molar-refractivity contribution is 0.0797. The summed E-state index contributed by atoms with van der Waals surface area (Å²) in [5, 5.41) is 10.7. The van der Waals surface area contributed by atoms with Crippen molar-refractivity contribution in [3.63, 3.8) is 0 Å².